The minimum absolute atomic E-state index is 0.149. The number of aliphatic carboxylic acids is 1. The lowest BCUT2D eigenvalue weighted by atomic mass is 9.93. The Morgan fingerprint density at radius 3 is 1.53 bits per heavy atom. The van der Waals surface area contributed by atoms with E-state index < -0.39 is 11.9 Å². The third-order valence-electron chi connectivity index (χ3n) is 7.75. The van der Waals surface area contributed by atoms with Gasteiger partial charge in [0.25, 0.3) is 0 Å². The molecule has 288 valence electrons. The van der Waals surface area contributed by atoms with Crippen molar-refractivity contribution in [2.45, 2.75) is 110 Å². The van der Waals surface area contributed by atoms with Crippen molar-refractivity contribution in [3.05, 3.63) is 87.9 Å². The topological polar surface area (TPSA) is 185 Å². The minimum Gasteiger partial charge on any atom is -0.481 e. The number of aromatic nitrogens is 4. The number of carbonyl (C=O) groups excluding carboxylic acids is 3. The highest BCUT2D eigenvalue weighted by atomic mass is 32.1. The number of ketones is 1. The first-order chi connectivity index (χ1) is 25.5. The molecule has 4 aromatic rings. The number of benzene rings is 2. The fraction of sp³-hybridized carbons (Fsp3) is 0.487. The molecule has 0 saturated carbocycles. The average molecular weight is 768 g/mol. The molecule has 14 heteroatoms. The van der Waals surface area contributed by atoms with Gasteiger partial charge < -0.3 is 20.3 Å². The molecule has 53 heavy (non-hydrogen) atoms. The van der Waals surface area contributed by atoms with E-state index >= 15 is 0 Å². The van der Waals surface area contributed by atoms with Gasteiger partial charge in [-0.05, 0) is 94.1 Å². The van der Waals surface area contributed by atoms with Crippen molar-refractivity contribution < 1.29 is 33.8 Å². The molecule has 2 atom stereocenters. The number of nitrogen functional groups attached to an aromatic ring is 1. The molecule has 0 aliphatic carbocycles. The molecule has 12 nitrogen and oxygen atoms in total. The summed E-state index contributed by atoms with van der Waals surface area (Å²) in [7, 11) is 0. The molecular formula is C39H53N5O7S2. The summed E-state index contributed by atoms with van der Waals surface area (Å²) in [5, 5.41) is 10.6. The van der Waals surface area contributed by atoms with E-state index in [1.165, 1.54) is 11.5 Å². The van der Waals surface area contributed by atoms with Crippen LogP contribution in [0.5, 0.6) is 0 Å². The lowest BCUT2D eigenvalue weighted by Gasteiger charge is -2.13. The Hall–Kier alpha value is -4.56. The number of carboxylic acids is 1. The lowest BCUT2D eigenvalue weighted by Crippen LogP contribution is -2.15. The zero-order valence-electron chi connectivity index (χ0n) is 31.2. The molecule has 4 rings (SSSR count). The standard InChI is InChI=1S/C20H26N2O3S.C13H20N2O4S.C6H7N/c1-3-25-19(24)13-9-5-8-12-17(20-21-15(2)22-26-20)18(23)14-16-10-6-4-7-11-16;1-3-19-11(16)8-6-4-5-7-10(13(17)18)12-14-9(2)15-20-12;7-6-4-2-1-3-5-6/h4,6-7,10-11,17H,3,5,8-9,12-14H2,1-2H3;10H,3-8H2,1-2H3,(H,17,18);1-5H,7H2. The number of carbonyl (C=O) groups is 4. The molecule has 0 saturated heterocycles. The van der Waals surface area contributed by atoms with Crippen molar-refractivity contribution in [1.29, 1.82) is 0 Å². The molecule has 0 fully saturated rings. The lowest BCUT2D eigenvalue weighted by molar-refractivity contribution is -0.144. The number of para-hydroxylation sites is 1. The largest absolute Gasteiger partial charge is 0.481 e. The average Bonchev–Trinajstić information content (AvgIpc) is 3.76. The molecule has 2 aromatic carbocycles. The van der Waals surface area contributed by atoms with Gasteiger partial charge in [0.1, 0.15) is 33.4 Å². The molecule has 0 radical (unpaired) electrons. The van der Waals surface area contributed by atoms with Gasteiger partial charge in [0, 0.05) is 24.9 Å². The Kier molecular flexibility index (Phi) is 22.1. The summed E-state index contributed by atoms with van der Waals surface area (Å²) in [5.41, 5.74) is 7.20. The van der Waals surface area contributed by atoms with Gasteiger partial charge in [-0.3, -0.25) is 19.2 Å². The van der Waals surface area contributed by atoms with Crippen LogP contribution in [0.15, 0.2) is 60.7 Å². The summed E-state index contributed by atoms with van der Waals surface area (Å²) in [6, 6.07) is 19.3. The molecule has 2 heterocycles. The van der Waals surface area contributed by atoms with Crippen molar-refractivity contribution >= 4 is 52.4 Å². The molecule has 3 N–H and O–H groups in total. The molecule has 2 aromatic heterocycles. The van der Waals surface area contributed by atoms with Crippen LogP contribution in [0.1, 0.15) is 117 Å². The number of nitrogens with two attached hydrogens (primary N) is 1. The van der Waals surface area contributed by atoms with Gasteiger partial charge in [0.05, 0.1) is 19.1 Å². The summed E-state index contributed by atoms with van der Waals surface area (Å²) in [5.74, 6) is -0.522. The Balaban J connectivity index is 0.000000316. The van der Waals surface area contributed by atoms with Crippen molar-refractivity contribution in [3.63, 3.8) is 0 Å². The second kappa shape index (κ2) is 26.2. The van der Waals surface area contributed by atoms with E-state index in [1.807, 2.05) is 74.5 Å². The van der Waals surface area contributed by atoms with Crippen LogP contribution in [0.25, 0.3) is 0 Å². The number of unbranched alkanes of at least 4 members (excludes halogenated alkanes) is 4. The highest BCUT2D eigenvalue weighted by molar-refractivity contribution is 7.05. The number of nitrogens with zero attached hydrogens (tertiary/aromatic N) is 4. The Morgan fingerprint density at radius 2 is 1.13 bits per heavy atom. The number of rotatable bonds is 20. The van der Waals surface area contributed by atoms with Crippen LogP contribution in [0.3, 0.4) is 0 Å². The molecule has 0 aliphatic rings. The van der Waals surface area contributed by atoms with Gasteiger partial charge in [0.2, 0.25) is 0 Å². The number of carboxylic acid groups (broad SMARTS) is 1. The second-order valence-corrected chi connectivity index (χ2v) is 13.7. The van der Waals surface area contributed by atoms with E-state index in [4.69, 9.17) is 15.2 Å². The molecular weight excluding hydrogens is 715 g/mol. The summed E-state index contributed by atoms with van der Waals surface area (Å²) < 4.78 is 18.0. The highest BCUT2D eigenvalue weighted by Crippen LogP contribution is 2.27. The predicted octanol–water partition coefficient (Wildman–Crippen LogP) is 8.05. The zero-order valence-corrected chi connectivity index (χ0v) is 32.8. The maximum Gasteiger partial charge on any atom is 0.313 e. The van der Waals surface area contributed by atoms with E-state index in [9.17, 15) is 24.3 Å². The van der Waals surface area contributed by atoms with Crippen LogP contribution in [0.4, 0.5) is 5.69 Å². The normalized spacial score (nSPS) is 11.5. The number of esters is 2. The van der Waals surface area contributed by atoms with Gasteiger partial charge in [-0.1, -0.05) is 74.2 Å². The van der Waals surface area contributed by atoms with Gasteiger partial charge >= 0.3 is 17.9 Å². The van der Waals surface area contributed by atoms with Crippen molar-refractivity contribution in [2.24, 2.45) is 0 Å². The van der Waals surface area contributed by atoms with Crippen molar-refractivity contribution in [1.82, 2.24) is 18.7 Å². The van der Waals surface area contributed by atoms with Crippen LogP contribution in [0.2, 0.25) is 0 Å². The van der Waals surface area contributed by atoms with E-state index in [1.54, 1.807) is 13.8 Å². The third kappa shape index (κ3) is 19.2. The van der Waals surface area contributed by atoms with Gasteiger partial charge in [-0.2, -0.15) is 8.75 Å². The zero-order chi connectivity index (χ0) is 38.8. The van der Waals surface area contributed by atoms with Crippen molar-refractivity contribution in [3.8, 4) is 0 Å². The van der Waals surface area contributed by atoms with Gasteiger partial charge in [-0.15, -0.1) is 0 Å². The Bertz CT molecular complexity index is 1630. The molecule has 0 bridgehead atoms. The highest BCUT2D eigenvalue weighted by Gasteiger charge is 2.25. The van der Waals surface area contributed by atoms with Crippen molar-refractivity contribution in [2.75, 3.05) is 18.9 Å². The SMILES string of the molecule is CCOC(=O)CCCCCC(C(=O)Cc1ccccc1)c1nc(C)ns1.CCOC(=O)CCCCCC(C(=O)O)c1nc(C)ns1.Nc1ccccc1. The summed E-state index contributed by atoms with van der Waals surface area (Å²) in [4.78, 5) is 55.2. The Labute approximate surface area is 320 Å². The predicted molar refractivity (Wildman–Crippen MR) is 208 cm³/mol. The van der Waals surface area contributed by atoms with E-state index in [-0.39, 0.29) is 23.6 Å². The number of hydrogen-bond acceptors (Lipinski definition) is 13. The van der Waals surface area contributed by atoms with Gasteiger partial charge in [0.15, 0.2) is 0 Å². The van der Waals surface area contributed by atoms with Crippen LogP contribution in [-0.2, 0) is 35.1 Å². The molecule has 0 aliphatic heterocycles. The summed E-state index contributed by atoms with van der Waals surface area (Å²) in [6.07, 6.45) is 7.33. The van der Waals surface area contributed by atoms with E-state index in [2.05, 4.69) is 18.7 Å². The summed E-state index contributed by atoms with van der Waals surface area (Å²) in [6.45, 7) is 8.00. The van der Waals surface area contributed by atoms with E-state index in [0.717, 1.165) is 72.7 Å². The van der Waals surface area contributed by atoms with Crippen LogP contribution >= 0.6 is 23.1 Å². The smallest absolute Gasteiger partial charge is 0.313 e. The maximum atomic E-state index is 12.8. The van der Waals surface area contributed by atoms with Gasteiger partial charge in [-0.25, -0.2) is 9.97 Å². The fourth-order valence-corrected chi connectivity index (χ4v) is 6.71. The summed E-state index contributed by atoms with van der Waals surface area (Å²) >= 11 is 2.46. The first-order valence-corrected chi connectivity index (χ1v) is 19.6. The third-order valence-corrected chi connectivity index (χ3v) is 9.59. The molecule has 0 amide bonds. The second-order valence-electron chi connectivity index (χ2n) is 12.2. The number of ether oxygens (including phenoxy) is 2. The first kappa shape index (κ1) is 44.6. The quantitative estimate of drug-likeness (QED) is 0.0502. The first-order valence-electron chi connectivity index (χ1n) is 18.1. The van der Waals surface area contributed by atoms with E-state index in [0.29, 0.717) is 55.6 Å². The number of anilines is 1. The fourth-order valence-electron chi connectivity index (χ4n) is 5.11. The number of aryl methyl sites for hydroxylation is 2. The van der Waals surface area contributed by atoms with Crippen LogP contribution < -0.4 is 5.73 Å². The maximum absolute atomic E-state index is 12.8. The minimum atomic E-state index is -0.869. The molecule has 0 spiro atoms. The van der Waals surface area contributed by atoms with Crippen LogP contribution in [-0.4, -0.2) is 60.7 Å². The number of hydrogen-bond donors (Lipinski definition) is 2. The van der Waals surface area contributed by atoms with Crippen LogP contribution in [0, 0.1) is 13.8 Å². The number of Topliss-reactive ketones (excluding diaryl/α,β-unsaturated/α-hetero) is 1. The molecule has 2 unspecified atom stereocenters. The Morgan fingerprint density at radius 1 is 0.679 bits per heavy atom. The monoisotopic (exact) mass is 767 g/mol.